The van der Waals surface area contributed by atoms with Crippen LogP contribution in [0.2, 0.25) is 0 Å². The maximum atomic E-state index is 10.5. The van der Waals surface area contributed by atoms with Gasteiger partial charge in [0, 0.05) is 5.56 Å². The predicted molar refractivity (Wildman–Crippen MR) is 63.2 cm³/mol. The molecule has 2 aromatic rings. The van der Waals surface area contributed by atoms with E-state index < -0.39 is 12.0 Å². The quantitative estimate of drug-likeness (QED) is 0.744. The molecule has 1 heterocycles. The third-order valence-electron chi connectivity index (χ3n) is 2.46. The van der Waals surface area contributed by atoms with Gasteiger partial charge in [0.2, 0.25) is 0 Å². The maximum absolute atomic E-state index is 10.5. The zero-order valence-corrected chi connectivity index (χ0v) is 9.13. The van der Waals surface area contributed by atoms with E-state index in [0.29, 0.717) is 5.69 Å². The highest BCUT2D eigenvalue weighted by atomic mass is 16.4. The lowest BCUT2D eigenvalue weighted by Gasteiger charge is -2.04. The summed E-state index contributed by atoms with van der Waals surface area (Å²) in [5.74, 6) is -0.923. The molecule has 1 aromatic heterocycles. The Hall–Kier alpha value is -2.14. The van der Waals surface area contributed by atoms with Gasteiger partial charge in [0.1, 0.15) is 0 Å². The molecule has 17 heavy (non-hydrogen) atoms. The molecule has 1 atom stereocenters. The van der Waals surface area contributed by atoms with Crippen LogP contribution in [0.15, 0.2) is 36.4 Å². The Bertz CT molecular complexity index is 507. The lowest BCUT2D eigenvalue weighted by molar-refractivity contribution is -0.137. The Labute approximate surface area is 98.3 Å². The fraction of sp³-hybridized carbons (Fsp3) is 0.167. The number of benzene rings is 1. The number of nitrogens with two attached hydrogens (primary N) is 1. The minimum absolute atomic E-state index is 0.115. The molecular formula is C12H13N3O2. The topological polar surface area (TPSA) is 92.0 Å². The first-order valence-electron chi connectivity index (χ1n) is 5.25. The Morgan fingerprint density at radius 2 is 2.12 bits per heavy atom. The highest BCUT2D eigenvalue weighted by molar-refractivity contribution is 5.68. The van der Waals surface area contributed by atoms with Gasteiger partial charge in [-0.1, -0.05) is 30.3 Å². The maximum Gasteiger partial charge on any atom is 0.305 e. The Balaban J connectivity index is 2.19. The molecular weight excluding hydrogens is 218 g/mol. The summed E-state index contributed by atoms with van der Waals surface area (Å²) in [6.07, 6.45) is -0.115. The van der Waals surface area contributed by atoms with Gasteiger partial charge >= 0.3 is 5.97 Å². The SMILES string of the molecule is NC(CC(=O)O)c1cc(-c2ccccc2)n[nH]1. The Morgan fingerprint density at radius 3 is 2.76 bits per heavy atom. The van der Waals surface area contributed by atoms with Crippen LogP contribution in [0.3, 0.4) is 0 Å². The summed E-state index contributed by atoms with van der Waals surface area (Å²) in [5.41, 5.74) is 8.10. The minimum atomic E-state index is -0.923. The van der Waals surface area contributed by atoms with Crippen LogP contribution in [-0.2, 0) is 4.79 Å². The summed E-state index contributed by atoms with van der Waals surface area (Å²) in [6, 6.07) is 10.8. The number of nitrogens with one attached hydrogen (secondary N) is 1. The van der Waals surface area contributed by atoms with Crippen molar-refractivity contribution in [2.75, 3.05) is 0 Å². The molecule has 0 bridgehead atoms. The van der Waals surface area contributed by atoms with Gasteiger partial charge in [-0.2, -0.15) is 5.10 Å². The van der Waals surface area contributed by atoms with Gasteiger partial charge in [-0.05, 0) is 6.07 Å². The van der Waals surface area contributed by atoms with E-state index in [1.54, 1.807) is 6.07 Å². The molecule has 0 amide bonds. The number of carboxylic acids is 1. The number of carbonyl (C=O) groups is 1. The number of carboxylic acid groups (broad SMARTS) is 1. The van der Waals surface area contributed by atoms with Crippen molar-refractivity contribution in [3.8, 4) is 11.3 Å². The monoisotopic (exact) mass is 231 g/mol. The van der Waals surface area contributed by atoms with Crippen LogP contribution >= 0.6 is 0 Å². The van der Waals surface area contributed by atoms with Crippen molar-refractivity contribution in [3.05, 3.63) is 42.1 Å². The van der Waals surface area contributed by atoms with Gasteiger partial charge in [-0.3, -0.25) is 9.89 Å². The number of aliphatic carboxylic acids is 1. The fourth-order valence-corrected chi connectivity index (χ4v) is 1.58. The molecule has 0 aliphatic heterocycles. The van der Waals surface area contributed by atoms with Gasteiger partial charge < -0.3 is 10.8 Å². The standard InChI is InChI=1S/C12H13N3O2/c13-9(6-12(16)17)11-7-10(14-15-11)8-4-2-1-3-5-8/h1-5,7,9H,6,13H2,(H,14,15)(H,16,17). The third-order valence-corrected chi connectivity index (χ3v) is 2.46. The van der Waals surface area contributed by atoms with Gasteiger partial charge in [0.15, 0.2) is 0 Å². The van der Waals surface area contributed by atoms with Gasteiger partial charge in [-0.25, -0.2) is 0 Å². The number of nitrogens with zero attached hydrogens (tertiary/aromatic N) is 1. The third kappa shape index (κ3) is 2.70. The smallest absolute Gasteiger partial charge is 0.305 e. The molecule has 1 aromatic carbocycles. The first-order chi connectivity index (χ1) is 8.16. The molecule has 1 unspecified atom stereocenters. The molecule has 0 saturated carbocycles. The van der Waals surface area contributed by atoms with E-state index in [4.69, 9.17) is 10.8 Å². The summed E-state index contributed by atoms with van der Waals surface area (Å²) >= 11 is 0. The van der Waals surface area contributed by atoms with Crippen molar-refractivity contribution >= 4 is 5.97 Å². The second-order valence-corrected chi connectivity index (χ2v) is 3.78. The summed E-state index contributed by atoms with van der Waals surface area (Å²) in [7, 11) is 0. The highest BCUT2D eigenvalue weighted by Gasteiger charge is 2.13. The zero-order valence-electron chi connectivity index (χ0n) is 9.13. The Morgan fingerprint density at radius 1 is 1.41 bits per heavy atom. The average molecular weight is 231 g/mol. The van der Waals surface area contributed by atoms with E-state index in [2.05, 4.69) is 10.2 Å². The van der Waals surface area contributed by atoms with Crippen LogP contribution in [0.1, 0.15) is 18.2 Å². The van der Waals surface area contributed by atoms with Crippen LogP contribution in [0.25, 0.3) is 11.3 Å². The van der Waals surface area contributed by atoms with Crippen molar-refractivity contribution < 1.29 is 9.90 Å². The molecule has 0 aliphatic carbocycles. The number of H-pyrrole nitrogens is 1. The zero-order chi connectivity index (χ0) is 12.3. The number of hydrogen-bond donors (Lipinski definition) is 3. The molecule has 0 saturated heterocycles. The minimum Gasteiger partial charge on any atom is -0.481 e. The number of aromatic amines is 1. The van der Waals surface area contributed by atoms with Crippen molar-refractivity contribution in [1.29, 1.82) is 0 Å². The van der Waals surface area contributed by atoms with Crippen LogP contribution in [0.4, 0.5) is 0 Å². The van der Waals surface area contributed by atoms with E-state index in [1.807, 2.05) is 30.3 Å². The van der Waals surface area contributed by atoms with Crippen molar-refractivity contribution in [1.82, 2.24) is 10.2 Å². The summed E-state index contributed by atoms with van der Waals surface area (Å²) in [4.78, 5) is 10.5. The predicted octanol–water partition coefficient (Wildman–Crippen LogP) is 1.55. The average Bonchev–Trinajstić information content (AvgIpc) is 2.78. The van der Waals surface area contributed by atoms with Gasteiger partial charge in [0.05, 0.1) is 23.9 Å². The molecule has 4 N–H and O–H groups in total. The molecule has 0 spiro atoms. The molecule has 0 fully saturated rings. The molecule has 2 rings (SSSR count). The largest absolute Gasteiger partial charge is 0.481 e. The molecule has 88 valence electrons. The molecule has 5 nitrogen and oxygen atoms in total. The normalized spacial score (nSPS) is 12.3. The van der Waals surface area contributed by atoms with Crippen LogP contribution in [0, 0.1) is 0 Å². The van der Waals surface area contributed by atoms with Gasteiger partial charge in [-0.15, -0.1) is 0 Å². The van der Waals surface area contributed by atoms with Crippen LogP contribution in [0.5, 0.6) is 0 Å². The summed E-state index contributed by atoms with van der Waals surface area (Å²) in [6.45, 7) is 0. The number of rotatable bonds is 4. The molecule has 0 radical (unpaired) electrons. The first-order valence-corrected chi connectivity index (χ1v) is 5.25. The second-order valence-electron chi connectivity index (χ2n) is 3.78. The molecule has 0 aliphatic rings. The van der Waals surface area contributed by atoms with Crippen LogP contribution < -0.4 is 5.73 Å². The van der Waals surface area contributed by atoms with E-state index in [0.717, 1.165) is 11.3 Å². The van der Waals surface area contributed by atoms with E-state index in [1.165, 1.54) is 0 Å². The van der Waals surface area contributed by atoms with E-state index in [-0.39, 0.29) is 6.42 Å². The van der Waals surface area contributed by atoms with Crippen molar-refractivity contribution in [2.45, 2.75) is 12.5 Å². The summed E-state index contributed by atoms with van der Waals surface area (Å²) < 4.78 is 0. The van der Waals surface area contributed by atoms with E-state index >= 15 is 0 Å². The van der Waals surface area contributed by atoms with Crippen LogP contribution in [-0.4, -0.2) is 21.3 Å². The molecule has 5 heteroatoms. The van der Waals surface area contributed by atoms with E-state index in [9.17, 15) is 4.79 Å². The Kier molecular flexibility index (Phi) is 3.20. The van der Waals surface area contributed by atoms with Crippen molar-refractivity contribution in [2.24, 2.45) is 5.73 Å². The highest BCUT2D eigenvalue weighted by Crippen LogP contribution is 2.20. The summed E-state index contributed by atoms with van der Waals surface area (Å²) in [5, 5.41) is 15.5. The lowest BCUT2D eigenvalue weighted by atomic mass is 10.1. The first kappa shape index (κ1) is 11.3. The fourth-order valence-electron chi connectivity index (χ4n) is 1.58. The van der Waals surface area contributed by atoms with Crippen molar-refractivity contribution in [3.63, 3.8) is 0 Å². The number of hydrogen-bond acceptors (Lipinski definition) is 3. The lowest BCUT2D eigenvalue weighted by Crippen LogP contribution is -2.15. The van der Waals surface area contributed by atoms with Gasteiger partial charge in [0.25, 0.3) is 0 Å². The second kappa shape index (κ2) is 4.80. The number of aromatic nitrogens is 2.